The summed E-state index contributed by atoms with van der Waals surface area (Å²) >= 11 is 0. The lowest BCUT2D eigenvalue weighted by molar-refractivity contribution is -0.905. The number of halogens is 1. The summed E-state index contributed by atoms with van der Waals surface area (Å²) < 4.78 is 11.7. The van der Waals surface area contributed by atoms with E-state index in [1.807, 2.05) is 0 Å². The highest BCUT2D eigenvalue weighted by molar-refractivity contribution is 5.47. The second-order valence-electron chi connectivity index (χ2n) is 5.04. The fraction of sp³-hybridized carbons (Fsp3) is 0.538. The molecule has 1 aromatic carbocycles. The topological polar surface area (TPSA) is 18.5 Å². The Morgan fingerprint density at radius 3 is 2.06 bits per heavy atom. The van der Waals surface area contributed by atoms with Gasteiger partial charge in [-0.05, 0) is 17.7 Å². The van der Waals surface area contributed by atoms with Crippen molar-refractivity contribution in [3.05, 3.63) is 23.3 Å². The van der Waals surface area contributed by atoms with E-state index in [2.05, 4.69) is 26.2 Å². The maximum Gasteiger partial charge on any atom is 0.161 e. The van der Waals surface area contributed by atoms with Gasteiger partial charge in [-0.1, -0.05) is 0 Å². The molecule has 0 amide bonds. The molecule has 1 heterocycles. The lowest BCUT2D eigenvalue weighted by Crippen LogP contribution is -3.00. The summed E-state index contributed by atoms with van der Waals surface area (Å²) in [6.07, 6.45) is 1.11. The number of methoxy groups -OCH3 is 2. The summed E-state index contributed by atoms with van der Waals surface area (Å²) in [5.41, 5.74) is 2.78. The maximum absolute atomic E-state index is 5.34. The second-order valence-corrected chi connectivity index (χ2v) is 5.04. The third-order valence-electron chi connectivity index (χ3n) is 3.29. The van der Waals surface area contributed by atoms with E-state index in [4.69, 9.17) is 9.47 Å². The SMILES string of the molecule is COc1cc2c(cc1OC)C[N+](C)(C)CC2.[Cl-]. The van der Waals surface area contributed by atoms with Crippen LogP contribution in [0.25, 0.3) is 0 Å². The minimum Gasteiger partial charge on any atom is -1.00 e. The molecule has 1 aliphatic heterocycles. The number of quaternary nitrogens is 1. The first-order chi connectivity index (χ1) is 7.55. The van der Waals surface area contributed by atoms with Gasteiger partial charge < -0.3 is 26.4 Å². The lowest BCUT2D eigenvalue weighted by atomic mass is 9.98. The average Bonchev–Trinajstić information content (AvgIpc) is 2.26. The van der Waals surface area contributed by atoms with Gasteiger partial charge in [0.2, 0.25) is 0 Å². The van der Waals surface area contributed by atoms with Gasteiger partial charge >= 0.3 is 0 Å². The highest BCUT2D eigenvalue weighted by atomic mass is 35.5. The number of likely N-dealkylation sites (N-methyl/N-ethyl adjacent to an activating group) is 1. The Morgan fingerprint density at radius 2 is 1.53 bits per heavy atom. The number of rotatable bonds is 2. The number of ether oxygens (including phenoxy) is 2. The number of hydrogen-bond donors (Lipinski definition) is 0. The van der Waals surface area contributed by atoms with Crippen LogP contribution in [-0.4, -0.2) is 39.3 Å². The van der Waals surface area contributed by atoms with Crippen molar-refractivity contribution in [2.24, 2.45) is 0 Å². The molecular weight excluding hydrogens is 238 g/mol. The predicted molar refractivity (Wildman–Crippen MR) is 63.9 cm³/mol. The van der Waals surface area contributed by atoms with E-state index >= 15 is 0 Å². The van der Waals surface area contributed by atoms with Crippen LogP contribution in [0.4, 0.5) is 0 Å². The number of hydrogen-bond acceptors (Lipinski definition) is 2. The van der Waals surface area contributed by atoms with Crippen molar-refractivity contribution in [3.8, 4) is 11.5 Å². The Hall–Kier alpha value is -0.930. The first-order valence-corrected chi connectivity index (χ1v) is 5.61. The molecular formula is C13H20ClNO2. The molecule has 0 unspecified atom stereocenters. The molecule has 0 spiro atoms. The molecule has 0 radical (unpaired) electrons. The average molecular weight is 258 g/mol. The normalized spacial score (nSPS) is 16.7. The van der Waals surface area contributed by atoms with Crippen molar-refractivity contribution in [1.29, 1.82) is 0 Å². The summed E-state index contributed by atoms with van der Waals surface area (Å²) in [4.78, 5) is 0. The largest absolute Gasteiger partial charge is 1.00 e. The zero-order valence-corrected chi connectivity index (χ0v) is 11.7. The van der Waals surface area contributed by atoms with Crippen molar-refractivity contribution >= 4 is 0 Å². The molecule has 0 aliphatic carbocycles. The molecule has 1 aromatic rings. The minimum atomic E-state index is 0. The Labute approximate surface area is 109 Å². The first kappa shape index (κ1) is 14.1. The highest BCUT2D eigenvalue weighted by Gasteiger charge is 2.25. The number of benzene rings is 1. The van der Waals surface area contributed by atoms with E-state index in [0.717, 1.165) is 28.9 Å². The van der Waals surface area contributed by atoms with Gasteiger partial charge in [0.1, 0.15) is 6.54 Å². The Bertz CT molecular complexity index is 405. The van der Waals surface area contributed by atoms with Gasteiger partial charge in [-0.25, -0.2) is 0 Å². The van der Waals surface area contributed by atoms with Crippen LogP contribution in [-0.2, 0) is 13.0 Å². The van der Waals surface area contributed by atoms with Gasteiger partial charge in [0.05, 0.1) is 34.9 Å². The molecule has 3 nitrogen and oxygen atoms in total. The maximum atomic E-state index is 5.34. The van der Waals surface area contributed by atoms with E-state index in [-0.39, 0.29) is 12.4 Å². The summed E-state index contributed by atoms with van der Waals surface area (Å²) in [5, 5.41) is 0. The van der Waals surface area contributed by atoms with E-state index in [1.54, 1.807) is 14.2 Å². The van der Waals surface area contributed by atoms with E-state index < -0.39 is 0 Å². The van der Waals surface area contributed by atoms with Crippen LogP contribution in [0.2, 0.25) is 0 Å². The Morgan fingerprint density at radius 1 is 1.00 bits per heavy atom. The first-order valence-electron chi connectivity index (χ1n) is 5.61. The fourth-order valence-corrected chi connectivity index (χ4v) is 2.31. The van der Waals surface area contributed by atoms with Crippen LogP contribution < -0.4 is 21.9 Å². The van der Waals surface area contributed by atoms with Crippen LogP contribution in [0.15, 0.2) is 12.1 Å². The third kappa shape index (κ3) is 2.85. The second kappa shape index (κ2) is 5.15. The standard InChI is InChI=1S/C13H20NO2.ClH/c1-14(2)6-5-10-7-12(15-3)13(16-4)8-11(10)9-14;/h7-8H,5-6,9H2,1-4H3;1H/q+1;/p-1. The molecule has 2 rings (SSSR count). The van der Waals surface area contributed by atoms with Gasteiger partial charge in [0.15, 0.2) is 11.5 Å². The minimum absolute atomic E-state index is 0. The Kier molecular flexibility index (Phi) is 4.28. The van der Waals surface area contributed by atoms with E-state index in [1.165, 1.54) is 17.7 Å². The monoisotopic (exact) mass is 257 g/mol. The van der Waals surface area contributed by atoms with E-state index in [0.29, 0.717) is 0 Å². The van der Waals surface area contributed by atoms with Crippen LogP contribution in [0.3, 0.4) is 0 Å². The smallest absolute Gasteiger partial charge is 0.161 e. The molecule has 0 saturated carbocycles. The van der Waals surface area contributed by atoms with Gasteiger partial charge in [-0.2, -0.15) is 0 Å². The van der Waals surface area contributed by atoms with Crippen molar-refractivity contribution in [2.75, 3.05) is 34.9 Å². The van der Waals surface area contributed by atoms with Gasteiger partial charge in [0.25, 0.3) is 0 Å². The quantitative estimate of drug-likeness (QED) is 0.623. The molecule has 0 atom stereocenters. The predicted octanol–water partition coefficient (Wildman–Crippen LogP) is -1.16. The summed E-state index contributed by atoms with van der Waals surface area (Å²) in [7, 11) is 7.90. The molecule has 96 valence electrons. The van der Waals surface area contributed by atoms with Crippen molar-refractivity contribution in [2.45, 2.75) is 13.0 Å². The van der Waals surface area contributed by atoms with Crippen molar-refractivity contribution in [3.63, 3.8) is 0 Å². The summed E-state index contributed by atoms with van der Waals surface area (Å²) in [5.74, 6) is 1.68. The van der Waals surface area contributed by atoms with Gasteiger partial charge in [0, 0.05) is 12.0 Å². The molecule has 4 heteroatoms. The molecule has 0 fully saturated rings. The van der Waals surface area contributed by atoms with E-state index in [9.17, 15) is 0 Å². The molecule has 1 aliphatic rings. The lowest BCUT2D eigenvalue weighted by Gasteiger charge is -2.35. The van der Waals surface area contributed by atoms with Crippen LogP contribution in [0.5, 0.6) is 11.5 Å². The van der Waals surface area contributed by atoms with Crippen molar-refractivity contribution < 1.29 is 26.4 Å². The van der Waals surface area contributed by atoms with Crippen LogP contribution in [0.1, 0.15) is 11.1 Å². The molecule has 0 aromatic heterocycles. The molecule has 0 bridgehead atoms. The van der Waals surface area contributed by atoms with Gasteiger partial charge in [-0.15, -0.1) is 0 Å². The van der Waals surface area contributed by atoms with Gasteiger partial charge in [-0.3, -0.25) is 0 Å². The highest BCUT2D eigenvalue weighted by Crippen LogP contribution is 2.34. The number of nitrogens with zero attached hydrogens (tertiary/aromatic N) is 1. The third-order valence-corrected chi connectivity index (χ3v) is 3.29. The number of fused-ring (bicyclic) bond motifs is 1. The zero-order valence-electron chi connectivity index (χ0n) is 10.9. The molecule has 0 N–H and O–H groups in total. The summed E-state index contributed by atoms with van der Waals surface area (Å²) in [6.45, 7) is 2.25. The fourth-order valence-electron chi connectivity index (χ4n) is 2.31. The van der Waals surface area contributed by atoms with Crippen LogP contribution in [0, 0.1) is 0 Å². The van der Waals surface area contributed by atoms with Crippen molar-refractivity contribution in [1.82, 2.24) is 0 Å². The molecule has 17 heavy (non-hydrogen) atoms. The summed E-state index contributed by atoms with van der Waals surface area (Å²) in [6, 6.07) is 4.24. The van der Waals surface area contributed by atoms with Crippen LogP contribution >= 0.6 is 0 Å². The Balaban J connectivity index is 0.00000144. The molecule has 0 saturated heterocycles. The zero-order chi connectivity index (χ0) is 11.8.